The molecule has 0 bridgehead atoms. The molecular weight excluding hydrogens is 426 g/mol. The van der Waals surface area contributed by atoms with Gasteiger partial charge in [-0.25, -0.2) is 9.79 Å². The first-order valence-corrected chi connectivity index (χ1v) is 11.5. The molecule has 5 rings (SSSR count). The second kappa shape index (κ2) is 9.53. The van der Waals surface area contributed by atoms with E-state index in [-0.39, 0.29) is 5.88 Å². The van der Waals surface area contributed by atoms with Crippen LogP contribution in [-0.4, -0.2) is 46.9 Å². The number of hydrogen-bond acceptors (Lipinski definition) is 5. The van der Waals surface area contributed by atoms with Gasteiger partial charge in [-0.15, -0.1) is 0 Å². The van der Waals surface area contributed by atoms with Gasteiger partial charge in [0, 0.05) is 23.0 Å². The van der Waals surface area contributed by atoms with Gasteiger partial charge in [-0.1, -0.05) is 48.5 Å². The number of aromatic nitrogens is 1. The average Bonchev–Trinajstić information content (AvgIpc) is 3.50. The van der Waals surface area contributed by atoms with Gasteiger partial charge < -0.3 is 14.8 Å². The molecule has 34 heavy (non-hydrogen) atoms. The van der Waals surface area contributed by atoms with E-state index in [0.29, 0.717) is 22.4 Å². The summed E-state index contributed by atoms with van der Waals surface area (Å²) in [4.78, 5) is 22.4. The number of esters is 1. The van der Waals surface area contributed by atoms with Gasteiger partial charge >= 0.3 is 5.97 Å². The van der Waals surface area contributed by atoms with Crippen molar-refractivity contribution in [2.45, 2.75) is 19.4 Å². The van der Waals surface area contributed by atoms with Crippen molar-refractivity contribution in [1.29, 1.82) is 0 Å². The Bertz CT molecular complexity index is 1330. The molecule has 6 nitrogen and oxygen atoms in total. The molecule has 0 unspecified atom stereocenters. The topological polar surface area (TPSA) is 77.9 Å². The maximum absolute atomic E-state index is 12.0. The summed E-state index contributed by atoms with van der Waals surface area (Å²) in [6.45, 7) is 3.28. The lowest BCUT2D eigenvalue weighted by atomic mass is 10.00. The predicted octanol–water partition coefficient (Wildman–Crippen LogP) is 5.43. The zero-order chi connectivity index (χ0) is 23.5. The molecule has 4 aromatic rings. The fraction of sp³-hybridized carbons (Fsp3) is 0.214. The van der Waals surface area contributed by atoms with E-state index in [2.05, 4.69) is 22.0 Å². The van der Waals surface area contributed by atoms with Gasteiger partial charge in [0.2, 0.25) is 0 Å². The third kappa shape index (κ3) is 4.45. The van der Waals surface area contributed by atoms with Crippen molar-refractivity contribution in [3.05, 3.63) is 95.1 Å². The number of nitrogens with zero attached hydrogens (tertiary/aromatic N) is 2. The van der Waals surface area contributed by atoms with Gasteiger partial charge in [0.15, 0.2) is 5.88 Å². The summed E-state index contributed by atoms with van der Waals surface area (Å²) in [5, 5.41) is 11.7. The van der Waals surface area contributed by atoms with E-state index in [0.717, 1.165) is 36.3 Å². The molecule has 1 saturated heterocycles. The maximum atomic E-state index is 12.0. The van der Waals surface area contributed by atoms with Crippen LogP contribution in [0.15, 0.2) is 77.8 Å². The Labute approximate surface area is 198 Å². The number of benzene rings is 3. The van der Waals surface area contributed by atoms with Crippen molar-refractivity contribution >= 4 is 28.3 Å². The molecule has 0 radical (unpaired) electrons. The largest absolute Gasteiger partial charge is 0.494 e. The number of likely N-dealkylation sites (tertiary alicyclic amines) is 1. The molecule has 0 saturated carbocycles. The molecule has 2 N–H and O–H groups in total. The van der Waals surface area contributed by atoms with Gasteiger partial charge in [0.05, 0.1) is 29.6 Å². The molecule has 1 aliphatic heterocycles. The van der Waals surface area contributed by atoms with Crippen LogP contribution < -0.4 is 0 Å². The number of rotatable bonds is 6. The van der Waals surface area contributed by atoms with Crippen LogP contribution >= 0.6 is 0 Å². The van der Waals surface area contributed by atoms with Crippen LogP contribution in [0.3, 0.4) is 0 Å². The number of nitrogens with one attached hydrogen (secondary N) is 1. The van der Waals surface area contributed by atoms with Gasteiger partial charge in [0.1, 0.15) is 0 Å². The van der Waals surface area contributed by atoms with Crippen molar-refractivity contribution in [1.82, 2.24) is 9.88 Å². The fourth-order valence-corrected chi connectivity index (χ4v) is 4.53. The molecule has 0 atom stereocenters. The Kier molecular flexibility index (Phi) is 6.14. The van der Waals surface area contributed by atoms with Crippen LogP contribution in [-0.2, 0) is 11.3 Å². The minimum atomic E-state index is -0.427. The standard InChI is InChI=1S/C28H27N3O3/c1-34-28(33)21-11-14-23-24(17-21)30-27(32)25(23)26(20-7-3-2-4-8-20)29-22-12-9-19(10-13-22)18-31-15-5-6-16-31/h2-4,7-14,17,30,32H,5-6,15-16,18H2,1H3. The van der Waals surface area contributed by atoms with Crippen LogP contribution in [0.2, 0.25) is 0 Å². The van der Waals surface area contributed by atoms with Gasteiger partial charge in [-0.2, -0.15) is 0 Å². The SMILES string of the molecule is COC(=O)c1ccc2c(C(=Nc3ccc(CN4CCCC4)cc3)c3ccccc3)c(O)[nH]c2c1. The summed E-state index contributed by atoms with van der Waals surface area (Å²) in [6.07, 6.45) is 2.55. The Morgan fingerprint density at radius 2 is 1.74 bits per heavy atom. The van der Waals surface area contributed by atoms with E-state index in [1.807, 2.05) is 48.5 Å². The van der Waals surface area contributed by atoms with E-state index in [9.17, 15) is 9.90 Å². The highest BCUT2D eigenvalue weighted by Gasteiger charge is 2.20. The van der Waals surface area contributed by atoms with E-state index < -0.39 is 5.97 Å². The van der Waals surface area contributed by atoms with Crippen LogP contribution in [0.25, 0.3) is 10.9 Å². The van der Waals surface area contributed by atoms with Crippen LogP contribution in [0.4, 0.5) is 5.69 Å². The average molecular weight is 454 g/mol. The Morgan fingerprint density at radius 1 is 1.00 bits per heavy atom. The highest BCUT2D eigenvalue weighted by Crippen LogP contribution is 2.32. The smallest absolute Gasteiger partial charge is 0.337 e. The summed E-state index contributed by atoms with van der Waals surface area (Å²) in [7, 11) is 1.35. The second-order valence-corrected chi connectivity index (χ2v) is 8.58. The summed E-state index contributed by atoms with van der Waals surface area (Å²) < 4.78 is 4.83. The lowest BCUT2D eigenvalue weighted by molar-refractivity contribution is 0.0601. The summed E-state index contributed by atoms with van der Waals surface area (Å²) >= 11 is 0. The van der Waals surface area contributed by atoms with Crippen LogP contribution in [0.1, 0.15) is 39.9 Å². The third-order valence-corrected chi connectivity index (χ3v) is 6.27. The molecule has 1 fully saturated rings. The molecule has 2 heterocycles. The van der Waals surface area contributed by atoms with Crippen molar-refractivity contribution < 1.29 is 14.6 Å². The summed E-state index contributed by atoms with van der Waals surface area (Å²) in [6, 6.07) is 23.3. The predicted molar refractivity (Wildman–Crippen MR) is 134 cm³/mol. The van der Waals surface area contributed by atoms with Crippen LogP contribution in [0.5, 0.6) is 5.88 Å². The number of H-pyrrole nitrogens is 1. The number of aromatic hydroxyl groups is 1. The lowest BCUT2D eigenvalue weighted by Crippen LogP contribution is -2.18. The molecule has 6 heteroatoms. The number of carbonyl (C=O) groups is 1. The first-order chi connectivity index (χ1) is 16.6. The highest BCUT2D eigenvalue weighted by molar-refractivity contribution is 6.22. The molecule has 0 aliphatic carbocycles. The molecule has 0 spiro atoms. The number of carbonyl (C=O) groups excluding carboxylic acids is 1. The molecule has 0 amide bonds. The lowest BCUT2D eigenvalue weighted by Gasteiger charge is -2.14. The van der Waals surface area contributed by atoms with Crippen molar-refractivity contribution in [2.24, 2.45) is 4.99 Å². The van der Waals surface area contributed by atoms with Crippen molar-refractivity contribution in [2.75, 3.05) is 20.2 Å². The first kappa shape index (κ1) is 21.9. The zero-order valence-electron chi connectivity index (χ0n) is 19.1. The monoisotopic (exact) mass is 453 g/mol. The summed E-state index contributed by atoms with van der Waals surface area (Å²) in [5.41, 5.74) is 5.27. The third-order valence-electron chi connectivity index (χ3n) is 6.27. The number of ether oxygens (including phenoxy) is 1. The van der Waals surface area contributed by atoms with E-state index >= 15 is 0 Å². The van der Waals surface area contributed by atoms with E-state index in [1.165, 1.54) is 25.5 Å². The Hall–Kier alpha value is -3.90. The number of fused-ring (bicyclic) bond motifs is 1. The minimum Gasteiger partial charge on any atom is -0.494 e. The molecular formula is C28H27N3O3. The number of hydrogen-bond donors (Lipinski definition) is 2. The first-order valence-electron chi connectivity index (χ1n) is 11.5. The number of aromatic amines is 1. The van der Waals surface area contributed by atoms with E-state index in [1.54, 1.807) is 12.1 Å². The van der Waals surface area contributed by atoms with Crippen molar-refractivity contribution in [3.63, 3.8) is 0 Å². The highest BCUT2D eigenvalue weighted by atomic mass is 16.5. The quantitative estimate of drug-likeness (QED) is 0.302. The Morgan fingerprint density at radius 3 is 2.44 bits per heavy atom. The summed E-state index contributed by atoms with van der Waals surface area (Å²) in [5.74, 6) is -0.422. The van der Waals surface area contributed by atoms with Crippen LogP contribution in [0, 0.1) is 0 Å². The Balaban J connectivity index is 1.56. The zero-order valence-corrected chi connectivity index (χ0v) is 19.1. The molecule has 3 aromatic carbocycles. The van der Waals surface area contributed by atoms with Gasteiger partial charge in [-0.3, -0.25) is 4.90 Å². The maximum Gasteiger partial charge on any atom is 0.337 e. The van der Waals surface area contributed by atoms with Gasteiger partial charge in [-0.05, 0) is 55.8 Å². The molecule has 1 aromatic heterocycles. The van der Waals surface area contributed by atoms with E-state index in [4.69, 9.17) is 9.73 Å². The minimum absolute atomic E-state index is 0.00488. The second-order valence-electron chi connectivity index (χ2n) is 8.58. The van der Waals surface area contributed by atoms with Gasteiger partial charge in [0.25, 0.3) is 0 Å². The number of methoxy groups -OCH3 is 1. The van der Waals surface area contributed by atoms with Crippen molar-refractivity contribution in [3.8, 4) is 5.88 Å². The normalized spacial score (nSPS) is 14.6. The fourth-order valence-electron chi connectivity index (χ4n) is 4.53. The molecule has 172 valence electrons. The number of aliphatic imine (C=N–C) groups is 1. The molecule has 1 aliphatic rings.